The van der Waals surface area contributed by atoms with Gasteiger partial charge >= 0.3 is 12.1 Å². The molecule has 0 aliphatic heterocycles. The van der Waals surface area contributed by atoms with Gasteiger partial charge in [-0.15, -0.1) is 0 Å². The van der Waals surface area contributed by atoms with E-state index in [1.165, 1.54) is 50.2 Å². The number of benzene rings is 2. The van der Waals surface area contributed by atoms with E-state index in [0.29, 0.717) is 5.56 Å². The molecule has 0 radical (unpaired) electrons. The first-order chi connectivity index (χ1) is 11.6. The fourth-order valence-corrected chi connectivity index (χ4v) is 2.85. The van der Waals surface area contributed by atoms with E-state index in [2.05, 4.69) is 0 Å². The summed E-state index contributed by atoms with van der Waals surface area (Å²) in [5, 5.41) is 9.34. The van der Waals surface area contributed by atoms with Gasteiger partial charge in [0.05, 0.1) is 7.11 Å². The van der Waals surface area contributed by atoms with Gasteiger partial charge in [0, 0.05) is 12.6 Å². The Labute approximate surface area is 147 Å². The molecule has 0 heterocycles. The number of thiocarbonyl (C=S) groups is 1. The summed E-state index contributed by atoms with van der Waals surface area (Å²) in [7, 11) is 2.67. The molecule has 2 aromatic carbocycles. The van der Waals surface area contributed by atoms with Gasteiger partial charge in [0.1, 0.15) is 22.3 Å². The molecule has 1 atom stereocenters. The zero-order chi connectivity index (χ0) is 18.9. The topological polar surface area (TPSA) is 49.8 Å². The monoisotopic (exact) mass is 371 g/mol. The molecule has 0 aliphatic rings. The molecule has 1 N–H and O–H groups in total. The molecule has 0 unspecified atom stereocenters. The summed E-state index contributed by atoms with van der Waals surface area (Å²) in [6, 6.07) is 6.18. The normalized spacial score (nSPS) is 12.7. The number of methoxy groups -OCH3 is 1. The van der Waals surface area contributed by atoms with Crippen molar-refractivity contribution in [2.45, 2.75) is 19.1 Å². The Bertz CT molecular complexity index is 836. The molecule has 4 nitrogen and oxygen atoms in total. The molecule has 2 rings (SSSR count). The maximum atomic E-state index is 13.5. The quantitative estimate of drug-likeness (QED) is 0.825. The number of carboxylic acid groups (broad SMARTS) is 1. The minimum absolute atomic E-state index is 0.0527. The lowest BCUT2D eigenvalue weighted by Gasteiger charge is -2.25. The van der Waals surface area contributed by atoms with Crippen LogP contribution in [-0.2, 0) is 11.0 Å². The Morgan fingerprint density at radius 1 is 1.24 bits per heavy atom. The summed E-state index contributed by atoms with van der Waals surface area (Å²) >= 11 is 5.31. The van der Waals surface area contributed by atoms with E-state index in [1.54, 1.807) is 6.07 Å². The van der Waals surface area contributed by atoms with Crippen molar-refractivity contribution in [3.8, 4) is 5.75 Å². The number of hydrogen-bond acceptors (Lipinski definition) is 3. The summed E-state index contributed by atoms with van der Waals surface area (Å²) in [5.74, 6) is -1.36. The highest BCUT2D eigenvalue weighted by molar-refractivity contribution is 7.80. The Morgan fingerprint density at radius 3 is 2.40 bits per heavy atom. The second-order valence-electron chi connectivity index (χ2n) is 5.47. The fourth-order valence-electron chi connectivity index (χ4n) is 2.52. The lowest BCUT2D eigenvalue weighted by molar-refractivity contribution is -0.140. The summed E-state index contributed by atoms with van der Waals surface area (Å²) < 4.78 is 45.3. The first kappa shape index (κ1) is 19.0. The van der Waals surface area contributed by atoms with Crippen molar-refractivity contribution >= 4 is 33.9 Å². The first-order valence-electron chi connectivity index (χ1n) is 7.26. The van der Waals surface area contributed by atoms with Gasteiger partial charge in [-0.05, 0) is 29.8 Å². The van der Waals surface area contributed by atoms with Gasteiger partial charge in [0.2, 0.25) is 0 Å². The highest BCUT2D eigenvalue weighted by atomic mass is 32.1. The third kappa shape index (κ3) is 3.53. The molecule has 0 saturated carbocycles. The molecule has 0 spiro atoms. The molecule has 0 aliphatic carbocycles. The lowest BCUT2D eigenvalue weighted by Crippen LogP contribution is -2.39. The Morgan fingerprint density at radius 2 is 1.88 bits per heavy atom. The number of carbonyl (C=O) groups is 1. The van der Waals surface area contributed by atoms with Gasteiger partial charge in [0.15, 0.2) is 0 Å². The van der Waals surface area contributed by atoms with Crippen LogP contribution in [0, 0.1) is 0 Å². The highest BCUT2D eigenvalue weighted by Crippen LogP contribution is 2.42. The third-order valence-corrected chi connectivity index (χ3v) is 4.52. The smallest absolute Gasteiger partial charge is 0.420 e. The summed E-state index contributed by atoms with van der Waals surface area (Å²) in [5.41, 5.74) is -0.526. The number of hydrogen-bond donors (Lipinski definition) is 1. The lowest BCUT2D eigenvalue weighted by atomic mass is 9.98. The van der Waals surface area contributed by atoms with Crippen molar-refractivity contribution < 1.29 is 27.8 Å². The second kappa shape index (κ2) is 6.87. The molecule has 2 aromatic rings. The average molecular weight is 371 g/mol. The standard InChI is InChI=1S/C17H16F3NO3S/c1-9(16(22)23)21(2)15(25)12-6-4-5-11-10(12)7-8-13(24-3)14(11)17(18,19)20/h4-9H,1-3H3,(H,22,23)/t9-/m0/s1. The van der Waals surface area contributed by atoms with E-state index in [-0.39, 0.29) is 21.5 Å². The van der Waals surface area contributed by atoms with Crippen LogP contribution in [0.5, 0.6) is 5.75 Å². The maximum Gasteiger partial charge on any atom is 0.420 e. The van der Waals surface area contributed by atoms with Crippen molar-refractivity contribution in [1.29, 1.82) is 0 Å². The molecule has 134 valence electrons. The third-order valence-electron chi connectivity index (χ3n) is 4.02. The molecule has 8 heteroatoms. The average Bonchev–Trinajstić information content (AvgIpc) is 2.56. The van der Waals surface area contributed by atoms with Gasteiger partial charge in [-0.3, -0.25) is 0 Å². The van der Waals surface area contributed by atoms with Gasteiger partial charge in [-0.25, -0.2) is 4.79 Å². The number of rotatable bonds is 4. The van der Waals surface area contributed by atoms with Gasteiger partial charge in [-0.2, -0.15) is 13.2 Å². The van der Waals surface area contributed by atoms with Crippen LogP contribution in [0.15, 0.2) is 30.3 Å². The summed E-state index contributed by atoms with van der Waals surface area (Å²) in [4.78, 5) is 12.6. The molecule has 25 heavy (non-hydrogen) atoms. The van der Waals surface area contributed by atoms with E-state index in [4.69, 9.17) is 22.1 Å². The molecular formula is C17H16F3NO3S. The van der Waals surface area contributed by atoms with Crippen LogP contribution in [0.1, 0.15) is 18.1 Å². The zero-order valence-corrected chi connectivity index (χ0v) is 14.5. The van der Waals surface area contributed by atoms with Crippen LogP contribution < -0.4 is 4.74 Å². The van der Waals surface area contributed by atoms with Crippen molar-refractivity contribution in [2.24, 2.45) is 0 Å². The predicted molar refractivity (Wildman–Crippen MR) is 92.1 cm³/mol. The van der Waals surface area contributed by atoms with Crippen LogP contribution in [-0.4, -0.2) is 41.2 Å². The van der Waals surface area contributed by atoms with E-state index < -0.39 is 23.8 Å². The van der Waals surface area contributed by atoms with E-state index in [9.17, 15) is 18.0 Å². The fraction of sp³-hybridized carbons (Fsp3) is 0.294. The van der Waals surface area contributed by atoms with E-state index >= 15 is 0 Å². The molecule has 0 saturated heterocycles. The molecule has 0 fully saturated rings. The van der Waals surface area contributed by atoms with Crippen molar-refractivity contribution in [3.05, 3.63) is 41.5 Å². The highest BCUT2D eigenvalue weighted by Gasteiger charge is 2.36. The minimum Gasteiger partial charge on any atom is -0.496 e. The SMILES string of the molecule is COc1ccc2c(C(=S)N(C)[C@@H](C)C(=O)O)cccc2c1C(F)(F)F. The number of fused-ring (bicyclic) bond motifs is 1. The van der Waals surface area contributed by atoms with Crippen LogP contribution in [0.25, 0.3) is 10.8 Å². The first-order valence-corrected chi connectivity index (χ1v) is 7.67. The van der Waals surface area contributed by atoms with Crippen LogP contribution >= 0.6 is 12.2 Å². The number of ether oxygens (including phenoxy) is 1. The Hall–Kier alpha value is -2.35. The van der Waals surface area contributed by atoms with E-state index in [1.807, 2.05) is 0 Å². The molecule has 0 aromatic heterocycles. The number of aliphatic carboxylic acids is 1. The largest absolute Gasteiger partial charge is 0.496 e. The summed E-state index contributed by atoms with van der Waals surface area (Å²) in [6.07, 6.45) is -4.61. The molecule has 0 amide bonds. The van der Waals surface area contributed by atoms with E-state index in [0.717, 1.165) is 0 Å². The van der Waals surface area contributed by atoms with Gasteiger partial charge < -0.3 is 14.7 Å². The zero-order valence-electron chi connectivity index (χ0n) is 13.7. The van der Waals surface area contributed by atoms with Crippen molar-refractivity contribution in [1.82, 2.24) is 4.90 Å². The number of nitrogens with zero attached hydrogens (tertiary/aromatic N) is 1. The second-order valence-corrected chi connectivity index (χ2v) is 5.86. The Balaban J connectivity index is 2.69. The predicted octanol–water partition coefficient (Wildman–Crippen LogP) is 3.95. The summed E-state index contributed by atoms with van der Waals surface area (Å²) in [6.45, 7) is 1.45. The number of alkyl halides is 3. The number of carboxylic acids is 1. The van der Waals surface area contributed by atoms with Crippen LogP contribution in [0.2, 0.25) is 0 Å². The van der Waals surface area contributed by atoms with Crippen LogP contribution in [0.4, 0.5) is 13.2 Å². The van der Waals surface area contributed by atoms with Gasteiger partial charge in [-0.1, -0.05) is 30.4 Å². The van der Waals surface area contributed by atoms with Gasteiger partial charge in [0.25, 0.3) is 0 Å². The molecule has 0 bridgehead atoms. The van der Waals surface area contributed by atoms with Crippen molar-refractivity contribution in [3.63, 3.8) is 0 Å². The Kier molecular flexibility index (Phi) is 5.22. The number of likely N-dealkylation sites (N-methyl/N-ethyl adjacent to an activating group) is 1. The van der Waals surface area contributed by atoms with Crippen molar-refractivity contribution in [2.75, 3.05) is 14.2 Å². The number of halogens is 3. The minimum atomic E-state index is -4.61. The van der Waals surface area contributed by atoms with Crippen LogP contribution in [0.3, 0.4) is 0 Å². The molecular weight excluding hydrogens is 355 g/mol. The maximum absolute atomic E-state index is 13.5.